The number of hydrogen-bond acceptors (Lipinski definition) is 3. The zero-order valence-corrected chi connectivity index (χ0v) is 12.3. The lowest BCUT2D eigenvalue weighted by molar-refractivity contribution is 0.0555. The summed E-state index contributed by atoms with van der Waals surface area (Å²) in [6.07, 6.45) is 0. The quantitative estimate of drug-likeness (QED) is 0.815. The van der Waals surface area contributed by atoms with E-state index in [0.29, 0.717) is 12.1 Å². The zero-order valence-electron chi connectivity index (χ0n) is 12.3. The second-order valence-electron chi connectivity index (χ2n) is 5.81. The van der Waals surface area contributed by atoms with E-state index in [1.54, 1.807) is 0 Å². The highest BCUT2D eigenvalue weighted by Crippen LogP contribution is 2.18. The summed E-state index contributed by atoms with van der Waals surface area (Å²) >= 11 is 0. The Hall–Kier alpha value is -1.37. The zero-order chi connectivity index (χ0) is 14.0. The average Bonchev–Trinajstić information content (AvgIpc) is 2.38. The predicted octanol–water partition coefficient (Wildman–Crippen LogP) is 2.39. The van der Waals surface area contributed by atoms with E-state index in [2.05, 4.69) is 49.8 Å². The molecule has 0 N–H and O–H groups in total. The molecule has 0 aromatic heterocycles. The molecule has 0 radical (unpaired) electrons. The van der Waals surface area contributed by atoms with E-state index in [1.165, 1.54) is 11.1 Å². The van der Waals surface area contributed by atoms with Gasteiger partial charge in [-0.1, -0.05) is 6.07 Å². The van der Waals surface area contributed by atoms with Crippen molar-refractivity contribution in [2.75, 3.05) is 20.1 Å². The molecule has 0 saturated carbocycles. The van der Waals surface area contributed by atoms with Gasteiger partial charge in [0.25, 0.3) is 0 Å². The van der Waals surface area contributed by atoms with Crippen LogP contribution in [0.2, 0.25) is 0 Å². The van der Waals surface area contributed by atoms with E-state index < -0.39 is 0 Å². The van der Waals surface area contributed by atoms with Crippen molar-refractivity contribution in [3.05, 3.63) is 34.9 Å². The van der Waals surface area contributed by atoms with Gasteiger partial charge in [-0.05, 0) is 51.1 Å². The second-order valence-corrected chi connectivity index (χ2v) is 5.81. The third-order valence-corrected chi connectivity index (χ3v) is 4.30. The minimum absolute atomic E-state index is 0.599. The second kappa shape index (κ2) is 5.73. The van der Waals surface area contributed by atoms with E-state index >= 15 is 0 Å². The number of hydrogen-bond donors (Lipinski definition) is 0. The normalized spacial score (nSPS) is 25.2. The summed E-state index contributed by atoms with van der Waals surface area (Å²) < 4.78 is 0. The Morgan fingerprint density at radius 1 is 1.26 bits per heavy atom. The molecule has 2 rings (SSSR count). The van der Waals surface area contributed by atoms with Crippen molar-refractivity contribution in [3.63, 3.8) is 0 Å². The first-order chi connectivity index (χ1) is 9.01. The maximum Gasteiger partial charge on any atom is 0.0991 e. The summed E-state index contributed by atoms with van der Waals surface area (Å²) in [4.78, 5) is 4.96. The van der Waals surface area contributed by atoms with Crippen molar-refractivity contribution in [2.24, 2.45) is 0 Å². The molecule has 1 aromatic rings. The van der Waals surface area contributed by atoms with Crippen LogP contribution < -0.4 is 0 Å². The molecule has 1 aliphatic rings. The van der Waals surface area contributed by atoms with E-state index in [1.807, 2.05) is 12.1 Å². The molecule has 1 aromatic carbocycles. The molecule has 1 fully saturated rings. The molecular formula is C16H23N3. The Morgan fingerprint density at radius 2 is 1.89 bits per heavy atom. The molecule has 0 bridgehead atoms. The van der Waals surface area contributed by atoms with Gasteiger partial charge >= 0.3 is 0 Å². The summed E-state index contributed by atoms with van der Waals surface area (Å²) in [6, 6.07) is 9.40. The number of rotatable bonds is 2. The van der Waals surface area contributed by atoms with Crippen molar-refractivity contribution in [2.45, 2.75) is 39.4 Å². The summed E-state index contributed by atoms with van der Waals surface area (Å²) in [6.45, 7) is 9.88. The molecule has 1 saturated heterocycles. The van der Waals surface area contributed by atoms with Crippen LogP contribution in [0.5, 0.6) is 0 Å². The molecule has 2 atom stereocenters. The van der Waals surface area contributed by atoms with Crippen LogP contribution in [0.15, 0.2) is 18.2 Å². The molecule has 0 aliphatic carbocycles. The van der Waals surface area contributed by atoms with E-state index in [0.717, 1.165) is 25.2 Å². The van der Waals surface area contributed by atoms with Crippen LogP contribution in [0.25, 0.3) is 0 Å². The first-order valence-electron chi connectivity index (χ1n) is 6.95. The van der Waals surface area contributed by atoms with Gasteiger partial charge in [0.15, 0.2) is 0 Å². The predicted molar refractivity (Wildman–Crippen MR) is 77.9 cm³/mol. The van der Waals surface area contributed by atoms with Gasteiger partial charge in [0.2, 0.25) is 0 Å². The van der Waals surface area contributed by atoms with Gasteiger partial charge in [-0.25, -0.2) is 0 Å². The van der Waals surface area contributed by atoms with E-state index in [4.69, 9.17) is 5.26 Å². The van der Waals surface area contributed by atoms with Gasteiger partial charge < -0.3 is 0 Å². The van der Waals surface area contributed by atoms with Crippen LogP contribution in [0.1, 0.15) is 30.5 Å². The fraction of sp³-hybridized carbons (Fsp3) is 0.562. The van der Waals surface area contributed by atoms with Crippen molar-refractivity contribution in [1.82, 2.24) is 9.80 Å². The van der Waals surface area contributed by atoms with Crippen LogP contribution in [0.4, 0.5) is 0 Å². The summed E-state index contributed by atoms with van der Waals surface area (Å²) in [7, 11) is 2.21. The summed E-state index contributed by atoms with van der Waals surface area (Å²) in [5.74, 6) is 0. The first kappa shape index (κ1) is 14.0. The third-order valence-electron chi connectivity index (χ3n) is 4.30. The highest BCUT2D eigenvalue weighted by molar-refractivity contribution is 5.37. The Bertz CT molecular complexity index is 477. The molecule has 1 aliphatic heterocycles. The smallest absolute Gasteiger partial charge is 0.0991 e. The fourth-order valence-electron chi connectivity index (χ4n) is 2.83. The number of nitriles is 1. The maximum atomic E-state index is 8.91. The first-order valence-corrected chi connectivity index (χ1v) is 6.95. The Kier molecular flexibility index (Phi) is 4.24. The minimum atomic E-state index is 0.599. The molecule has 0 amide bonds. The largest absolute Gasteiger partial charge is 0.298 e. The van der Waals surface area contributed by atoms with Crippen molar-refractivity contribution >= 4 is 0 Å². The minimum Gasteiger partial charge on any atom is -0.298 e. The van der Waals surface area contributed by atoms with Crippen LogP contribution >= 0.6 is 0 Å². The van der Waals surface area contributed by atoms with Crippen LogP contribution in [-0.2, 0) is 6.54 Å². The highest BCUT2D eigenvalue weighted by Gasteiger charge is 2.26. The van der Waals surface area contributed by atoms with Gasteiger partial charge in [-0.15, -0.1) is 0 Å². The van der Waals surface area contributed by atoms with Crippen molar-refractivity contribution in [1.29, 1.82) is 5.26 Å². The summed E-state index contributed by atoms with van der Waals surface area (Å²) in [5.41, 5.74) is 3.31. The topological polar surface area (TPSA) is 30.3 Å². The van der Waals surface area contributed by atoms with E-state index in [-0.39, 0.29) is 0 Å². The molecule has 2 unspecified atom stereocenters. The highest BCUT2D eigenvalue weighted by atomic mass is 15.3. The average molecular weight is 257 g/mol. The lowest BCUT2D eigenvalue weighted by atomic mass is 10.0. The number of likely N-dealkylation sites (N-methyl/N-ethyl adjacent to an activating group) is 1. The van der Waals surface area contributed by atoms with Gasteiger partial charge in [0.1, 0.15) is 0 Å². The SMILES string of the molecule is Cc1cc(C#N)ccc1CN1CC(C)N(C)C(C)C1. The number of aryl methyl sites for hydroxylation is 1. The molecule has 3 nitrogen and oxygen atoms in total. The maximum absolute atomic E-state index is 8.91. The Balaban J connectivity index is 2.08. The molecule has 3 heteroatoms. The lowest BCUT2D eigenvalue weighted by Crippen LogP contribution is -2.54. The standard InChI is InChI=1S/C16H23N3/c1-12-7-15(8-17)5-6-16(12)11-19-9-13(2)18(4)14(3)10-19/h5-7,13-14H,9-11H2,1-4H3. The number of nitrogens with zero attached hydrogens (tertiary/aromatic N) is 3. The van der Waals surface area contributed by atoms with Crippen molar-refractivity contribution in [3.8, 4) is 6.07 Å². The van der Waals surface area contributed by atoms with Gasteiger partial charge in [0.05, 0.1) is 11.6 Å². The number of benzene rings is 1. The molecular weight excluding hydrogens is 234 g/mol. The van der Waals surface area contributed by atoms with Crippen LogP contribution in [0.3, 0.4) is 0 Å². The van der Waals surface area contributed by atoms with Gasteiger partial charge in [0, 0.05) is 31.7 Å². The Morgan fingerprint density at radius 3 is 2.42 bits per heavy atom. The third kappa shape index (κ3) is 3.15. The summed E-state index contributed by atoms with van der Waals surface area (Å²) in [5, 5.41) is 8.91. The molecule has 102 valence electrons. The molecule has 1 heterocycles. The van der Waals surface area contributed by atoms with Crippen LogP contribution in [0, 0.1) is 18.3 Å². The van der Waals surface area contributed by atoms with E-state index in [9.17, 15) is 0 Å². The fourth-order valence-corrected chi connectivity index (χ4v) is 2.83. The lowest BCUT2D eigenvalue weighted by Gasteiger charge is -2.42. The molecule has 0 spiro atoms. The van der Waals surface area contributed by atoms with Crippen LogP contribution in [-0.4, -0.2) is 42.0 Å². The van der Waals surface area contributed by atoms with Crippen molar-refractivity contribution < 1.29 is 0 Å². The molecule has 19 heavy (non-hydrogen) atoms. The number of piperazine rings is 1. The monoisotopic (exact) mass is 257 g/mol. The van der Waals surface area contributed by atoms with Gasteiger partial charge in [-0.3, -0.25) is 9.80 Å². The Labute approximate surface area is 116 Å². The van der Waals surface area contributed by atoms with Gasteiger partial charge in [-0.2, -0.15) is 5.26 Å².